The third-order valence-corrected chi connectivity index (χ3v) is 5.11. The van der Waals surface area contributed by atoms with Crippen molar-refractivity contribution < 1.29 is 27.6 Å². The van der Waals surface area contributed by atoms with Gasteiger partial charge in [0.2, 0.25) is 5.91 Å². The van der Waals surface area contributed by atoms with Gasteiger partial charge in [0.1, 0.15) is 0 Å². The van der Waals surface area contributed by atoms with Crippen molar-refractivity contribution in [3.8, 4) is 0 Å². The number of anilines is 2. The van der Waals surface area contributed by atoms with Gasteiger partial charge in [-0.1, -0.05) is 18.2 Å². The van der Waals surface area contributed by atoms with E-state index in [0.29, 0.717) is 10.6 Å². The summed E-state index contributed by atoms with van der Waals surface area (Å²) in [5.41, 5.74) is -0.370. The van der Waals surface area contributed by atoms with Crippen LogP contribution >= 0.6 is 11.3 Å². The summed E-state index contributed by atoms with van der Waals surface area (Å²) in [5.74, 6) is -1.25. The number of halogens is 3. The summed E-state index contributed by atoms with van der Waals surface area (Å²) >= 11 is 1.29. The first-order valence-electron chi connectivity index (χ1n) is 9.42. The summed E-state index contributed by atoms with van der Waals surface area (Å²) in [4.78, 5) is 36.9. The van der Waals surface area contributed by atoms with E-state index in [0.717, 1.165) is 12.1 Å². The van der Waals surface area contributed by atoms with Crippen LogP contribution in [0.2, 0.25) is 0 Å². The zero-order valence-corrected chi connectivity index (χ0v) is 17.3. The number of carbonyl (C=O) groups excluding carboxylic acids is 3. The Hall–Kier alpha value is -3.66. The molecule has 1 aromatic heterocycles. The molecular formula is C22H18F3N3O3S. The Balaban J connectivity index is 1.55. The topological polar surface area (TPSA) is 87.3 Å². The monoisotopic (exact) mass is 461 g/mol. The second-order valence-electron chi connectivity index (χ2n) is 6.64. The quantitative estimate of drug-likeness (QED) is 0.473. The smallest absolute Gasteiger partial charge is 0.351 e. The van der Waals surface area contributed by atoms with Crippen molar-refractivity contribution in [1.82, 2.24) is 5.32 Å². The molecule has 0 saturated carbocycles. The molecule has 0 bridgehead atoms. The minimum absolute atomic E-state index is 0.000691. The summed E-state index contributed by atoms with van der Waals surface area (Å²) in [6, 6.07) is 13.7. The standard InChI is InChI=1S/C22H18F3N3O3S/c23-22(24,25)15-5-2-7-17(13-15)28-20(30)14-4-1-6-16(12-14)27-19(29)9-10-26-21(31)18-8-3-11-32-18/h1-8,11-13H,9-10H2,(H,26,31)(H,27,29)(H,28,30). The van der Waals surface area contributed by atoms with Crippen molar-refractivity contribution in [3.63, 3.8) is 0 Å². The molecule has 0 aliphatic rings. The maximum absolute atomic E-state index is 12.8. The lowest BCUT2D eigenvalue weighted by atomic mass is 10.1. The van der Waals surface area contributed by atoms with Crippen LogP contribution in [0, 0.1) is 0 Å². The molecule has 0 radical (unpaired) electrons. The van der Waals surface area contributed by atoms with Gasteiger partial charge in [0.25, 0.3) is 11.8 Å². The average molecular weight is 461 g/mol. The second kappa shape index (κ2) is 10.1. The van der Waals surface area contributed by atoms with Gasteiger partial charge in [-0.05, 0) is 47.8 Å². The first kappa shape index (κ1) is 23.0. The van der Waals surface area contributed by atoms with E-state index in [1.165, 1.54) is 41.7 Å². The van der Waals surface area contributed by atoms with Gasteiger partial charge in [0, 0.05) is 29.9 Å². The normalized spacial score (nSPS) is 11.0. The highest BCUT2D eigenvalue weighted by Crippen LogP contribution is 2.30. The van der Waals surface area contributed by atoms with E-state index in [4.69, 9.17) is 0 Å². The van der Waals surface area contributed by atoms with Crippen LogP contribution in [0.1, 0.15) is 32.0 Å². The lowest BCUT2D eigenvalue weighted by Crippen LogP contribution is -2.27. The van der Waals surface area contributed by atoms with Crippen LogP contribution in [0.25, 0.3) is 0 Å². The predicted octanol–water partition coefficient (Wildman–Crippen LogP) is 4.78. The van der Waals surface area contributed by atoms with Crippen LogP contribution in [0.3, 0.4) is 0 Å². The molecule has 10 heteroatoms. The number of amides is 3. The molecule has 0 atom stereocenters. The number of nitrogens with one attached hydrogen (secondary N) is 3. The molecule has 2 aromatic carbocycles. The number of hydrogen-bond acceptors (Lipinski definition) is 4. The Bertz CT molecular complexity index is 1110. The van der Waals surface area contributed by atoms with Crippen LogP contribution < -0.4 is 16.0 Å². The molecule has 0 aliphatic carbocycles. The predicted molar refractivity (Wildman–Crippen MR) is 116 cm³/mol. The number of thiophene rings is 1. The first-order valence-corrected chi connectivity index (χ1v) is 10.3. The Morgan fingerprint density at radius 2 is 1.56 bits per heavy atom. The highest BCUT2D eigenvalue weighted by Gasteiger charge is 2.30. The van der Waals surface area contributed by atoms with Gasteiger partial charge in [-0.3, -0.25) is 14.4 Å². The van der Waals surface area contributed by atoms with Crippen LogP contribution in [0.15, 0.2) is 66.0 Å². The number of alkyl halides is 3. The van der Waals surface area contributed by atoms with Crippen molar-refractivity contribution >= 4 is 40.4 Å². The van der Waals surface area contributed by atoms with E-state index < -0.39 is 17.6 Å². The molecule has 3 rings (SSSR count). The second-order valence-corrected chi connectivity index (χ2v) is 7.59. The first-order chi connectivity index (χ1) is 15.2. The molecule has 32 heavy (non-hydrogen) atoms. The Kier molecular flexibility index (Phi) is 7.26. The highest BCUT2D eigenvalue weighted by atomic mass is 32.1. The number of carbonyl (C=O) groups is 3. The zero-order chi connectivity index (χ0) is 23.1. The molecule has 0 spiro atoms. The fourth-order valence-corrected chi connectivity index (χ4v) is 3.36. The lowest BCUT2D eigenvalue weighted by Gasteiger charge is -2.11. The SMILES string of the molecule is O=C(CCNC(=O)c1cccs1)Nc1cccc(C(=O)Nc2cccc(C(F)(F)F)c2)c1. The highest BCUT2D eigenvalue weighted by molar-refractivity contribution is 7.12. The molecule has 166 valence electrons. The van der Waals surface area contributed by atoms with E-state index in [2.05, 4.69) is 16.0 Å². The van der Waals surface area contributed by atoms with Crippen molar-refractivity contribution in [2.75, 3.05) is 17.2 Å². The fraction of sp³-hybridized carbons (Fsp3) is 0.136. The van der Waals surface area contributed by atoms with Crippen molar-refractivity contribution in [3.05, 3.63) is 82.0 Å². The van der Waals surface area contributed by atoms with Gasteiger partial charge in [-0.2, -0.15) is 13.2 Å². The van der Waals surface area contributed by atoms with E-state index >= 15 is 0 Å². The minimum atomic E-state index is -4.52. The van der Waals surface area contributed by atoms with Gasteiger partial charge in [-0.25, -0.2) is 0 Å². The van der Waals surface area contributed by atoms with E-state index in [9.17, 15) is 27.6 Å². The molecule has 1 heterocycles. The molecule has 0 unspecified atom stereocenters. The third-order valence-electron chi connectivity index (χ3n) is 4.24. The van der Waals surface area contributed by atoms with Gasteiger partial charge in [0.05, 0.1) is 10.4 Å². The van der Waals surface area contributed by atoms with Gasteiger partial charge < -0.3 is 16.0 Å². The van der Waals surface area contributed by atoms with Crippen molar-refractivity contribution in [2.24, 2.45) is 0 Å². The van der Waals surface area contributed by atoms with Gasteiger partial charge in [0.15, 0.2) is 0 Å². The maximum atomic E-state index is 12.8. The molecule has 3 N–H and O–H groups in total. The fourth-order valence-electron chi connectivity index (χ4n) is 2.72. The number of hydrogen-bond donors (Lipinski definition) is 3. The van der Waals surface area contributed by atoms with Gasteiger partial charge in [-0.15, -0.1) is 11.3 Å². The zero-order valence-electron chi connectivity index (χ0n) is 16.5. The van der Waals surface area contributed by atoms with Gasteiger partial charge >= 0.3 is 6.18 Å². The van der Waals surface area contributed by atoms with Crippen LogP contribution in [-0.2, 0) is 11.0 Å². The van der Waals surface area contributed by atoms with E-state index in [1.807, 2.05) is 0 Å². The van der Waals surface area contributed by atoms with Crippen LogP contribution in [-0.4, -0.2) is 24.3 Å². The summed E-state index contributed by atoms with van der Waals surface area (Å²) in [6.07, 6.45) is -4.49. The Morgan fingerprint density at radius 3 is 2.25 bits per heavy atom. The third kappa shape index (κ3) is 6.42. The molecule has 3 aromatic rings. The van der Waals surface area contributed by atoms with Crippen LogP contribution in [0.4, 0.5) is 24.5 Å². The van der Waals surface area contributed by atoms with Crippen molar-refractivity contribution in [2.45, 2.75) is 12.6 Å². The molecule has 0 fully saturated rings. The largest absolute Gasteiger partial charge is 0.416 e. The minimum Gasteiger partial charge on any atom is -0.351 e. The van der Waals surface area contributed by atoms with Crippen LogP contribution in [0.5, 0.6) is 0 Å². The van der Waals surface area contributed by atoms with E-state index in [1.54, 1.807) is 23.6 Å². The molecule has 6 nitrogen and oxygen atoms in total. The maximum Gasteiger partial charge on any atom is 0.416 e. The molecule has 0 aliphatic heterocycles. The average Bonchev–Trinajstić information content (AvgIpc) is 3.28. The molecule has 3 amide bonds. The Morgan fingerprint density at radius 1 is 0.844 bits per heavy atom. The summed E-state index contributed by atoms with van der Waals surface area (Å²) in [7, 11) is 0. The molecule has 0 saturated heterocycles. The summed E-state index contributed by atoms with van der Waals surface area (Å²) in [6.45, 7) is 0.137. The number of rotatable bonds is 7. The lowest BCUT2D eigenvalue weighted by molar-refractivity contribution is -0.137. The van der Waals surface area contributed by atoms with Crippen molar-refractivity contribution in [1.29, 1.82) is 0 Å². The number of benzene rings is 2. The molecular weight excluding hydrogens is 443 g/mol. The summed E-state index contributed by atoms with van der Waals surface area (Å²) in [5, 5.41) is 9.45. The summed E-state index contributed by atoms with van der Waals surface area (Å²) < 4.78 is 38.5. The Labute approximate surface area is 185 Å². The van der Waals surface area contributed by atoms with E-state index in [-0.39, 0.29) is 36.0 Å².